The highest BCUT2D eigenvalue weighted by atomic mass is 16.3. The first-order valence-electron chi connectivity index (χ1n) is 24.4. The van der Waals surface area contributed by atoms with Crippen molar-refractivity contribution < 1.29 is 8.83 Å². The smallest absolute Gasteiger partial charge is 0.159 e. The molecule has 0 aliphatic heterocycles. The monoisotopic (exact) mass is 910 g/mol. The molecule has 0 spiro atoms. The Labute approximate surface area is 411 Å². The molecule has 0 saturated heterocycles. The molecule has 0 unspecified atom stereocenters. The second-order valence-electron chi connectivity index (χ2n) is 18.8. The summed E-state index contributed by atoms with van der Waals surface area (Å²) in [5.74, 6) is 0. The molecule has 0 amide bonds. The van der Waals surface area contributed by atoms with Gasteiger partial charge in [0.25, 0.3) is 0 Å². The molecule has 13 aromatic rings. The van der Waals surface area contributed by atoms with Crippen LogP contribution < -0.4 is 9.80 Å². The van der Waals surface area contributed by atoms with Crippen LogP contribution in [0.1, 0.15) is 33.4 Å². The third-order valence-electron chi connectivity index (χ3n) is 15.0. The Morgan fingerprint density at radius 1 is 0.324 bits per heavy atom. The number of fused-ring (bicyclic) bond motifs is 11. The molecule has 1 aliphatic carbocycles. The lowest BCUT2D eigenvalue weighted by Gasteiger charge is -2.36. The van der Waals surface area contributed by atoms with Crippen molar-refractivity contribution in [2.75, 3.05) is 9.80 Å². The van der Waals surface area contributed by atoms with Gasteiger partial charge in [0.2, 0.25) is 0 Å². The van der Waals surface area contributed by atoms with Gasteiger partial charge < -0.3 is 18.6 Å². The van der Waals surface area contributed by atoms with E-state index < -0.39 is 5.41 Å². The fourth-order valence-corrected chi connectivity index (χ4v) is 11.9. The molecule has 4 heteroatoms. The number of aryl methyl sites for hydroxylation is 2. The molecule has 2 heterocycles. The average Bonchev–Trinajstić information content (AvgIpc) is 4.10. The van der Waals surface area contributed by atoms with E-state index in [4.69, 9.17) is 8.83 Å². The molecular formula is C67H46N2O2. The lowest BCUT2D eigenvalue weighted by molar-refractivity contribution is 0.668. The van der Waals surface area contributed by atoms with Crippen LogP contribution in [0.5, 0.6) is 0 Å². The van der Waals surface area contributed by atoms with Gasteiger partial charge in [-0.05, 0) is 118 Å². The first kappa shape index (κ1) is 40.9. The molecule has 0 saturated carbocycles. The van der Waals surface area contributed by atoms with Crippen LogP contribution in [0.15, 0.2) is 251 Å². The summed E-state index contributed by atoms with van der Waals surface area (Å²) in [6.07, 6.45) is 0. The lowest BCUT2D eigenvalue weighted by Crippen LogP contribution is -2.29. The van der Waals surface area contributed by atoms with Gasteiger partial charge in [0, 0.05) is 44.0 Å². The van der Waals surface area contributed by atoms with Crippen LogP contribution in [0, 0.1) is 13.8 Å². The van der Waals surface area contributed by atoms with Crippen molar-refractivity contribution in [1.29, 1.82) is 0 Å². The van der Waals surface area contributed by atoms with Crippen LogP contribution in [-0.2, 0) is 5.41 Å². The standard InChI is InChI=1S/C67H46N2O2/c1-43-21-9-15-33-57(43)68(59-35-19-31-52-49-28-13-17-37-62(49)70-65(52)59)47-39-40-54-55(41-47)67(45-23-5-3-6-24-45,46-25-7-4-8-26-46)56-42-61(48-27-11-12-30-51(48)64(54)56)69(58-34-16-10-22-44(58)2)60-36-20-32-53-50-29-14-18-38-63(50)71-66(53)60/h3-42H,1-2H3. The van der Waals surface area contributed by atoms with Gasteiger partial charge in [-0.15, -0.1) is 0 Å². The zero-order valence-corrected chi connectivity index (χ0v) is 39.3. The summed E-state index contributed by atoms with van der Waals surface area (Å²) in [7, 11) is 0. The van der Waals surface area contributed by atoms with E-state index in [2.05, 4.69) is 254 Å². The molecular weight excluding hydrogens is 865 g/mol. The highest BCUT2D eigenvalue weighted by molar-refractivity contribution is 6.15. The van der Waals surface area contributed by atoms with E-state index >= 15 is 0 Å². The number of para-hydroxylation sites is 6. The van der Waals surface area contributed by atoms with Crippen molar-refractivity contribution >= 4 is 88.8 Å². The van der Waals surface area contributed by atoms with E-state index in [1.54, 1.807) is 0 Å². The fraction of sp³-hybridized carbons (Fsp3) is 0.0448. The summed E-state index contributed by atoms with van der Waals surface area (Å²) in [4.78, 5) is 4.85. The summed E-state index contributed by atoms with van der Waals surface area (Å²) in [6, 6.07) is 88.1. The van der Waals surface area contributed by atoms with Crippen LogP contribution in [0.25, 0.3) is 65.8 Å². The predicted molar refractivity (Wildman–Crippen MR) is 295 cm³/mol. The maximum atomic E-state index is 6.89. The third-order valence-corrected chi connectivity index (χ3v) is 15.0. The first-order chi connectivity index (χ1) is 35.1. The van der Waals surface area contributed by atoms with E-state index in [9.17, 15) is 0 Å². The Balaban J connectivity index is 1.10. The van der Waals surface area contributed by atoms with Crippen LogP contribution in [0.2, 0.25) is 0 Å². The van der Waals surface area contributed by atoms with Gasteiger partial charge in [-0.25, -0.2) is 0 Å². The molecule has 0 atom stereocenters. The zero-order chi connectivity index (χ0) is 47.2. The summed E-state index contributed by atoms with van der Waals surface area (Å²) >= 11 is 0. The predicted octanol–water partition coefficient (Wildman–Crippen LogP) is 18.6. The highest BCUT2D eigenvalue weighted by Gasteiger charge is 2.48. The zero-order valence-electron chi connectivity index (χ0n) is 39.3. The van der Waals surface area contributed by atoms with E-state index in [1.807, 2.05) is 12.1 Å². The number of furan rings is 2. The number of hydrogen-bond donors (Lipinski definition) is 0. The van der Waals surface area contributed by atoms with Gasteiger partial charge in [-0.3, -0.25) is 0 Å². The number of benzene rings is 11. The first-order valence-corrected chi connectivity index (χ1v) is 24.4. The Kier molecular flexibility index (Phi) is 9.21. The molecule has 2 aromatic heterocycles. The molecule has 0 bridgehead atoms. The van der Waals surface area contributed by atoms with Crippen LogP contribution in [-0.4, -0.2) is 0 Å². The summed E-state index contributed by atoms with van der Waals surface area (Å²) in [6.45, 7) is 4.40. The fourth-order valence-electron chi connectivity index (χ4n) is 11.9. The van der Waals surface area contributed by atoms with E-state index in [1.165, 1.54) is 38.8 Å². The number of hydrogen-bond acceptors (Lipinski definition) is 4. The van der Waals surface area contributed by atoms with Gasteiger partial charge in [-0.1, -0.05) is 188 Å². The highest BCUT2D eigenvalue weighted by Crippen LogP contribution is 2.61. The quantitative estimate of drug-likeness (QED) is 0.152. The molecule has 11 aromatic carbocycles. The normalized spacial score (nSPS) is 12.8. The van der Waals surface area contributed by atoms with E-state index in [0.29, 0.717) is 0 Å². The van der Waals surface area contributed by atoms with Gasteiger partial charge in [0.1, 0.15) is 11.2 Å². The number of nitrogens with zero attached hydrogens (tertiary/aromatic N) is 2. The Hall–Kier alpha value is -9.12. The van der Waals surface area contributed by atoms with Crippen molar-refractivity contribution in [2.45, 2.75) is 19.3 Å². The SMILES string of the molecule is Cc1ccccc1N(c1ccc2c(c1)C(c1ccccc1)(c1ccccc1)c1cc(N(c3ccccc3C)c3cccc4c3oc3ccccc34)c3ccccc3c1-2)c1cccc2c1oc1ccccc12. The molecule has 4 nitrogen and oxygen atoms in total. The van der Waals surface area contributed by atoms with Gasteiger partial charge in [0.15, 0.2) is 11.2 Å². The minimum absolute atomic E-state index is 0.756. The van der Waals surface area contributed by atoms with Crippen molar-refractivity contribution in [3.05, 3.63) is 276 Å². The third kappa shape index (κ3) is 6.04. The molecule has 0 fully saturated rings. The van der Waals surface area contributed by atoms with Crippen LogP contribution in [0.4, 0.5) is 34.1 Å². The number of anilines is 6. The second-order valence-corrected chi connectivity index (χ2v) is 18.8. The maximum Gasteiger partial charge on any atom is 0.159 e. The van der Waals surface area contributed by atoms with Gasteiger partial charge in [0.05, 0.1) is 22.5 Å². The summed E-state index contributed by atoms with van der Waals surface area (Å²) in [5, 5.41) is 6.70. The van der Waals surface area contributed by atoms with Crippen molar-refractivity contribution in [2.24, 2.45) is 0 Å². The van der Waals surface area contributed by atoms with E-state index in [0.717, 1.165) is 94.5 Å². The lowest BCUT2D eigenvalue weighted by atomic mass is 9.67. The Morgan fingerprint density at radius 3 is 1.35 bits per heavy atom. The summed E-state index contributed by atoms with van der Waals surface area (Å²) in [5.41, 5.74) is 18.5. The average molecular weight is 911 g/mol. The number of rotatable bonds is 8. The Morgan fingerprint density at radius 2 is 0.775 bits per heavy atom. The van der Waals surface area contributed by atoms with Crippen molar-refractivity contribution in [3.63, 3.8) is 0 Å². The van der Waals surface area contributed by atoms with Crippen molar-refractivity contribution in [3.8, 4) is 11.1 Å². The molecule has 336 valence electrons. The Bertz CT molecular complexity index is 4180. The molecule has 71 heavy (non-hydrogen) atoms. The van der Waals surface area contributed by atoms with Crippen LogP contribution in [0.3, 0.4) is 0 Å². The topological polar surface area (TPSA) is 32.8 Å². The maximum absolute atomic E-state index is 6.89. The van der Waals surface area contributed by atoms with Gasteiger partial charge in [-0.2, -0.15) is 0 Å². The minimum Gasteiger partial charge on any atom is -0.454 e. The largest absolute Gasteiger partial charge is 0.454 e. The second kappa shape index (κ2) is 16.0. The molecule has 0 N–H and O–H groups in total. The van der Waals surface area contributed by atoms with Gasteiger partial charge >= 0.3 is 0 Å². The molecule has 1 aliphatic rings. The minimum atomic E-state index is -0.756. The van der Waals surface area contributed by atoms with Crippen LogP contribution >= 0.6 is 0 Å². The molecule has 0 radical (unpaired) electrons. The van der Waals surface area contributed by atoms with Crippen molar-refractivity contribution in [1.82, 2.24) is 0 Å². The molecule has 14 rings (SSSR count). The summed E-state index contributed by atoms with van der Waals surface area (Å²) < 4.78 is 13.7. The van der Waals surface area contributed by atoms with E-state index in [-0.39, 0.29) is 0 Å².